The standard InChI is InChI=1S/C14H23N3O2/c18-13-4-3-12(16-13)14(19)17-7-5-11(6-8-17)15-9-10-1-2-10/h10-12,15H,1-9H2,(H,16,18). The van der Waals surface area contributed by atoms with Crippen molar-refractivity contribution in [3.63, 3.8) is 0 Å². The predicted octanol–water partition coefficient (Wildman–Crippen LogP) is 0.256. The topological polar surface area (TPSA) is 61.4 Å². The van der Waals surface area contributed by atoms with Gasteiger partial charge in [-0.3, -0.25) is 9.59 Å². The van der Waals surface area contributed by atoms with Gasteiger partial charge in [-0.25, -0.2) is 0 Å². The van der Waals surface area contributed by atoms with E-state index >= 15 is 0 Å². The molecule has 106 valence electrons. The van der Waals surface area contributed by atoms with Gasteiger partial charge in [-0.05, 0) is 44.6 Å². The number of piperidine rings is 1. The van der Waals surface area contributed by atoms with Gasteiger partial charge < -0.3 is 15.5 Å². The van der Waals surface area contributed by atoms with E-state index in [1.54, 1.807) is 0 Å². The second kappa shape index (κ2) is 5.49. The fourth-order valence-electron chi connectivity index (χ4n) is 2.98. The Morgan fingerprint density at radius 3 is 2.53 bits per heavy atom. The number of carbonyl (C=O) groups excluding carboxylic acids is 2. The van der Waals surface area contributed by atoms with Crippen LogP contribution in [0.4, 0.5) is 0 Å². The van der Waals surface area contributed by atoms with Crippen LogP contribution in [0.15, 0.2) is 0 Å². The summed E-state index contributed by atoms with van der Waals surface area (Å²) >= 11 is 0. The molecule has 1 atom stereocenters. The molecule has 2 aliphatic heterocycles. The number of nitrogens with zero attached hydrogens (tertiary/aromatic N) is 1. The van der Waals surface area contributed by atoms with Gasteiger partial charge in [0.05, 0.1) is 0 Å². The van der Waals surface area contributed by atoms with Crippen molar-refractivity contribution < 1.29 is 9.59 Å². The molecular weight excluding hydrogens is 242 g/mol. The number of hydrogen-bond donors (Lipinski definition) is 2. The monoisotopic (exact) mass is 265 g/mol. The Hall–Kier alpha value is -1.10. The van der Waals surface area contributed by atoms with E-state index in [1.165, 1.54) is 12.8 Å². The summed E-state index contributed by atoms with van der Waals surface area (Å²) < 4.78 is 0. The van der Waals surface area contributed by atoms with Crippen LogP contribution >= 0.6 is 0 Å². The molecule has 2 heterocycles. The fourth-order valence-corrected chi connectivity index (χ4v) is 2.98. The number of likely N-dealkylation sites (tertiary alicyclic amines) is 1. The Labute approximate surface area is 114 Å². The first-order valence-corrected chi connectivity index (χ1v) is 7.54. The summed E-state index contributed by atoms with van der Waals surface area (Å²) in [7, 11) is 0. The molecule has 1 saturated carbocycles. The minimum atomic E-state index is -0.261. The van der Waals surface area contributed by atoms with Crippen LogP contribution in [0.25, 0.3) is 0 Å². The molecule has 0 spiro atoms. The van der Waals surface area contributed by atoms with Gasteiger partial charge in [0.15, 0.2) is 0 Å². The highest BCUT2D eigenvalue weighted by molar-refractivity contribution is 5.90. The maximum absolute atomic E-state index is 12.2. The van der Waals surface area contributed by atoms with Crippen molar-refractivity contribution in [3.05, 3.63) is 0 Å². The normalized spacial score (nSPS) is 28.5. The summed E-state index contributed by atoms with van der Waals surface area (Å²) in [5.41, 5.74) is 0. The highest BCUT2D eigenvalue weighted by Gasteiger charge is 2.32. The second-order valence-electron chi connectivity index (χ2n) is 6.11. The first kappa shape index (κ1) is 12.9. The molecule has 3 aliphatic rings. The van der Waals surface area contributed by atoms with Crippen molar-refractivity contribution in [1.29, 1.82) is 0 Å². The Kier molecular flexibility index (Phi) is 3.73. The van der Waals surface area contributed by atoms with Crippen molar-refractivity contribution in [2.24, 2.45) is 5.92 Å². The van der Waals surface area contributed by atoms with Crippen LogP contribution in [-0.2, 0) is 9.59 Å². The molecule has 2 saturated heterocycles. The highest BCUT2D eigenvalue weighted by Crippen LogP contribution is 2.28. The lowest BCUT2D eigenvalue weighted by Crippen LogP contribution is -2.50. The third-order valence-corrected chi connectivity index (χ3v) is 4.49. The predicted molar refractivity (Wildman–Crippen MR) is 71.5 cm³/mol. The average molecular weight is 265 g/mol. The molecule has 3 fully saturated rings. The van der Waals surface area contributed by atoms with Gasteiger partial charge in [-0.2, -0.15) is 0 Å². The Morgan fingerprint density at radius 1 is 1.21 bits per heavy atom. The van der Waals surface area contributed by atoms with Gasteiger partial charge in [-0.1, -0.05) is 0 Å². The SMILES string of the molecule is O=C1CCC(C(=O)N2CCC(NCC3CC3)CC2)N1. The van der Waals surface area contributed by atoms with Crippen LogP contribution in [0, 0.1) is 5.92 Å². The van der Waals surface area contributed by atoms with Crippen molar-refractivity contribution in [3.8, 4) is 0 Å². The molecular formula is C14H23N3O2. The molecule has 0 bridgehead atoms. The molecule has 2 amide bonds. The first-order chi connectivity index (χ1) is 9.22. The summed E-state index contributed by atoms with van der Waals surface area (Å²) in [6.45, 7) is 2.80. The van der Waals surface area contributed by atoms with Crippen molar-refractivity contribution in [2.45, 2.75) is 50.6 Å². The molecule has 0 aromatic heterocycles. The van der Waals surface area contributed by atoms with Gasteiger partial charge >= 0.3 is 0 Å². The first-order valence-electron chi connectivity index (χ1n) is 7.54. The molecule has 19 heavy (non-hydrogen) atoms. The molecule has 0 aromatic rings. The van der Waals surface area contributed by atoms with Gasteiger partial charge in [0, 0.05) is 25.6 Å². The number of nitrogens with one attached hydrogen (secondary N) is 2. The van der Waals surface area contributed by atoms with E-state index in [1.807, 2.05) is 4.90 Å². The van der Waals surface area contributed by atoms with Gasteiger partial charge in [0.2, 0.25) is 11.8 Å². The fraction of sp³-hybridized carbons (Fsp3) is 0.857. The Bertz CT molecular complexity index is 360. The summed E-state index contributed by atoms with van der Waals surface area (Å²) in [6, 6.07) is 0.311. The van der Waals surface area contributed by atoms with Crippen LogP contribution in [0.5, 0.6) is 0 Å². The molecule has 1 unspecified atom stereocenters. The van der Waals surface area contributed by atoms with E-state index in [4.69, 9.17) is 0 Å². The summed E-state index contributed by atoms with van der Waals surface area (Å²) in [4.78, 5) is 25.3. The molecule has 0 aromatic carbocycles. The zero-order chi connectivity index (χ0) is 13.2. The van der Waals surface area contributed by atoms with Crippen LogP contribution in [0.3, 0.4) is 0 Å². The third kappa shape index (κ3) is 3.26. The van der Waals surface area contributed by atoms with Crippen LogP contribution in [0.2, 0.25) is 0 Å². The van der Waals surface area contributed by atoms with E-state index in [2.05, 4.69) is 10.6 Å². The number of carbonyl (C=O) groups is 2. The minimum Gasteiger partial charge on any atom is -0.344 e. The van der Waals surface area contributed by atoms with Gasteiger partial charge in [0.1, 0.15) is 6.04 Å². The van der Waals surface area contributed by atoms with E-state index < -0.39 is 0 Å². The smallest absolute Gasteiger partial charge is 0.245 e. The number of rotatable bonds is 4. The van der Waals surface area contributed by atoms with E-state index in [-0.39, 0.29) is 17.9 Å². The number of hydrogen-bond acceptors (Lipinski definition) is 3. The zero-order valence-electron chi connectivity index (χ0n) is 11.4. The summed E-state index contributed by atoms with van der Waals surface area (Å²) in [5.74, 6) is 1.04. The van der Waals surface area contributed by atoms with Gasteiger partial charge in [0.25, 0.3) is 0 Å². The van der Waals surface area contributed by atoms with Crippen molar-refractivity contribution in [1.82, 2.24) is 15.5 Å². The van der Waals surface area contributed by atoms with Crippen molar-refractivity contribution in [2.75, 3.05) is 19.6 Å². The Morgan fingerprint density at radius 2 is 1.95 bits per heavy atom. The lowest BCUT2D eigenvalue weighted by atomic mass is 10.0. The maximum atomic E-state index is 12.2. The van der Waals surface area contributed by atoms with E-state index in [0.717, 1.165) is 38.4 Å². The maximum Gasteiger partial charge on any atom is 0.245 e. The molecule has 5 heteroatoms. The highest BCUT2D eigenvalue weighted by atomic mass is 16.2. The molecule has 0 radical (unpaired) electrons. The van der Waals surface area contributed by atoms with Crippen LogP contribution in [-0.4, -0.2) is 48.4 Å². The molecule has 3 rings (SSSR count). The summed E-state index contributed by atoms with van der Waals surface area (Å²) in [6.07, 6.45) is 6.00. The minimum absolute atomic E-state index is 0.0133. The zero-order valence-corrected chi connectivity index (χ0v) is 11.4. The lowest BCUT2D eigenvalue weighted by molar-refractivity contribution is -0.135. The van der Waals surface area contributed by atoms with Crippen LogP contribution < -0.4 is 10.6 Å². The number of amides is 2. The quantitative estimate of drug-likeness (QED) is 0.766. The lowest BCUT2D eigenvalue weighted by Gasteiger charge is -2.34. The van der Waals surface area contributed by atoms with Crippen LogP contribution in [0.1, 0.15) is 38.5 Å². The third-order valence-electron chi connectivity index (χ3n) is 4.49. The van der Waals surface area contributed by atoms with E-state index in [0.29, 0.717) is 18.9 Å². The summed E-state index contributed by atoms with van der Waals surface area (Å²) in [5, 5.41) is 6.38. The van der Waals surface area contributed by atoms with Crippen molar-refractivity contribution >= 4 is 11.8 Å². The van der Waals surface area contributed by atoms with Gasteiger partial charge in [-0.15, -0.1) is 0 Å². The molecule has 5 nitrogen and oxygen atoms in total. The second-order valence-corrected chi connectivity index (χ2v) is 6.11. The molecule has 1 aliphatic carbocycles. The average Bonchev–Trinajstić information content (AvgIpc) is 3.17. The van der Waals surface area contributed by atoms with E-state index in [9.17, 15) is 9.59 Å². The Balaban J connectivity index is 1.41. The molecule has 2 N–H and O–H groups in total. The largest absolute Gasteiger partial charge is 0.344 e.